The molecule has 1 heterocycles. The number of carbonyl (C=O) groups is 1. The van der Waals surface area contributed by atoms with Crippen molar-refractivity contribution >= 4 is 5.97 Å². The van der Waals surface area contributed by atoms with Gasteiger partial charge in [-0.2, -0.15) is 4.98 Å². The molecule has 1 atom stereocenters. The van der Waals surface area contributed by atoms with E-state index < -0.39 is 5.41 Å². The van der Waals surface area contributed by atoms with Gasteiger partial charge in [-0.25, -0.2) is 0 Å². The Labute approximate surface area is 125 Å². The van der Waals surface area contributed by atoms with Gasteiger partial charge in [0.25, 0.3) is 0 Å². The van der Waals surface area contributed by atoms with Crippen molar-refractivity contribution in [2.45, 2.75) is 58.5 Å². The molecule has 0 aromatic carbocycles. The summed E-state index contributed by atoms with van der Waals surface area (Å²) in [6, 6.07) is 0. The van der Waals surface area contributed by atoms with Crippen molar-refractivity contribution in [3.05, 3.63) is 11.7 Å². The first-order valence-corrected chi connectivity index (χ1v) is 7.68. The second-order valence-electron chi connectivity index (χ2n) is 5.73. The fourth-order valence-electron chi connectivity index (χ4n) is 2.59. The van der Waals surface area contributed by atoms with Gasteiger partial charge in [0, 0.05) is 6.61 Å². The lowest BCUT2D eigenvalue weighted by Gasteiger charge is -2.35. The fourth-order valence-corrected chi connectivity index (χ4v) is 2.59. The number of aromatic nitrogens is 2. The van der Waals surface area contributed by atoms with Crippen LogP contribution in [0.3, 0.4) is 0 Å². The molecule has 21 heavy (non-hydrogen) atoms. The molecule has 1 aromatic rings. The molecular weight excluding hydrogens is 272 g/mol. The number of rotatable bonds is 7. The van der Waals surface area contributed by atoms with Crippen molar-refractivity contribution in [3.63, 3.8) is 0 Å². The molecule has 1 fully saturated rings. The van der Waals surface area contributed by atoms with E-state index in [2.05, 4.69) is 10.1 Å². The average Bonchev–Trinajstić information content (AvgIpc) is 2.84. The third-order valence-electron chi connectivity index (χ3n) is 3.93. The smallest absolute Gasteiger partial charge is 0.321 e. The van der Waals surface area contributed by atoms with Gasteiger partial charge in [0.15, 0.2) is 0 Å². The Balaban J connectivity index is 2.23. The van der Waals surface area contributed by atoms with E-state index in [0.717, 1.165) is 6.42 Å². The summed E-state index contributed by atoms with van der Waals surface area (Å²) in [5, 5.41) is 4.03. The van der Waals surface area contributed by atoms with Gasteiger partial charge in [-0.15, -0.1) is 0 Å². The molecule has 6 nitrogen and oxygen atoms in total. The van der Waals surface area contributed by atoms with Crippen LogP contribution in [0, 0.1) is 5.92 Å². The predicted molar refractivity (Wildman–Crippen MR) is 75.7 cm³/mol. The molecule has 6 heteroatoms. The molecule has 0 saturated heterocycles. The molecule has 0 radical (unpaired) electrons. The summed E-state index contributed by atoms with van der Waals surface area (Å²) in [5.41, 5.74) is -0.741. The van der Waals surface area contributed by atoms with Crippen molar-refractivity contribution in [2.24, 2.45) is 5.92 Å². The van der Waals surface area contributed by atoms with Gasteiger partial charge in [0.2, 0.25) is 11.7 Å². The fraction of sp³-hybridized carbons (Fsp3) is 0.800. The Morgan fingerprint density at radius 1 is 1.33 bits per heavy atom. The molecule has 1 aliphatic rings. The molecule has 0 amide bonds. The van der Waals surface area contributed by atoms with E-state index in [1.54, 1.807) is 6.92 Å². The second-order valence-corrected chi connectivity index (χ2v) is 5.73. The molecule has 0 N–H and O–H groups in total. The van der Waals surface area contributed by atoms with E-state index in [4.69, 9.17) is 14.0 Å². The van der Waals surface area contributed by atoms with Crippen LogP contribution in [-0.2, 0) is 19.7 Å². The predicted octanol–water partition coefficient (Wildman–Crippen LogP) is 2.79. The minimum atomic E-state index is -0.741. The number of carbonyl (C=O) groups excluding carboxylic acids is 1. The molecule has 1 aromatic heterocycles. The summed E-state index contributed by atoms with van der Waals surface area (Å²) in [7, 11) is 0. The van der Waals surface area contributed by atoms with E-state index in [0.29, 0.717) is 37.8 Å². The zero-order valence-corrected chi connectivity index (χ0v) is 13.2. The maximum Gasteiger partial charge on any atom is 0.321 e. The number of ether oxygens (including phenoxy) is 2. The zero-order valence-electron chi connectivity index (χ0n) is 13.2. The third kappa shape index (κ3) is 2.95. The molecule has 0 aliphatic heterocycles. The highest BCUT2D eigenvalue weighted by molar-refractivity contribution is 5.83. The highest BCUT2D eigenvalue weighted by Crippen LogP contribution is 2.44. The van der Waals surface area contributed by atoms with Crippen molar-refractivity contribution in [2.75, 3.05) is 13.2 Å². The van der Waals surface area contributed by atoms with Gasteiger partial charge in [-0.05, 0) is 32.6 Å². The van der Waals surface area contributed by atoms with Gasteiger partial charge >= 0.3 is 5.97 Å². The number of hydrogen-bond acceptors (Lipinski definition) is 6. The molecule has 0 spiro atoms. The highest BCUT2D eigenvalue weighted by Gasteiger charge is 2.52. The van der Waals surface area contributed by atoms with E-state index in [9.17, 15) is 4.79 Å². The van der Waals surface area contributed by atoms with Crippen LogP contribution in [0.15, 0.2) is 4.52 Å². The van der Waals surface area contributed by atoms with Gasteiger partial charge in [0.05, 0.1) is 6.61 Å². The average molecular weight is 296 g/mol. The van der Waals surface area contributed by atoms with Crippen LogP contribution in [0.25, 0.3) is 0 Å². The van der Waals surface area contributed by atoms with E-state index in [-0.39, 0.29) is 18.0 Å². The minimum Gasteiger partial charge on any atom is -0.465 e. The van der Waals surface area contributed by atoms with Crippen LogP contribution in [0.1, 0.15) is 64.8 Å². The maximum atomic E-state index is 12.2. The Bertz CT molecular complexity index is 480. The molecule has 1 unspecified atom stereocenters. The Morgan fingerprint density at radius 2 is 2.05 bits per heavy atom. The summed E-state index contributed by atoms with van der Waals surface area (Å²) < 4.78 is 16.2. The van der Waals surface area contributed by atoms with Crippen LogP contribution >= 0.6 is 0 Å². The van der Waals surface area contributed by atoms with Crippen LogP contribution in [0.4, 0.5) is 0 Å². The van der Waals surface area contributed by atoms with Gasteiger partial charge in [-0.3, -0.25) is 4.79 Å². The third-order valence-corrected chi connectivity index (χ3v) is 3.93. The lowest BCUT2D eigenvalue weighted by molar-refractivity contribution is -0.155. The lowest BCUT2D eigenvalue weighted by Crippen LogP contribution is -2.44. The summed E-state index contributed by atoms with van der Waals surface area (Å²) in [6.45, 7) is 8.75. The van der Waals surface area contributed by atoms with Crippen molar-refractivity contribution in [1.29, 1.82) is 0 Å². The van der Waals surface area contributed by atoms with Crippen LogP contribution in [0.2, 0.25) is 0 Å². The number of esters is 1. The first-order valence-electron chi connectivity index (χ1n) is 7.68. The lowest BCUT2D eigenvalue weighted by atomic mass is 9.68. The molecule has 1 aliphatic carbocycles. The van der Waals surface area contributed by atoms with E-state index >= 15 is 0 Å². The zero-order chi connectivity index (χ0) is 15.5. The molecule has 2 rings (SSSR count). The summed E-state index contributed by atoms with van der Waals surface area (Å²) >= 11 is 0. The normalized spacial score (nSPS) is 18.3. The first kappa shape index (κ1) is 15.9. The van der Waals surface area contributed by atoms with Crippen LogP contribution < -0.4 is 0 Å². The number of nitrogens with zero attached hydrogens (tertiary/aromatic N) is 2. The van der Waals surface area contributed by atoms with Crippen LogP contribution in [-0.4, -0.2) is 29.3 Å². The molecule has 0 bridgehead atoms. The first-order chi connectivity index (χ1) is 10.0. The quantitative estimate of drug-likeness (QED) is 0.720. The van der Waals surface area contributed by atoms with Crippen LogP contribution in [0.5, 0.6) is 0 Å². The highest BCUT2D eigenvalue weighted by atomic mass is 16.5. The minimum absolute atomic E-state index is 0.216. The topological polar surface area (TPSA) is 74.5 Å². The number of hydrogen-bond donors (Lipinski definition) is 0. The maximum absolute atomic E-state index is 12.2. The molecule has 1 saturated carbocycles. The van der Waals surface area contributed by atoms with Gasteiger partial charge < -0.3 is 14.0 Å². The Hall–Kier alpha value is -1.43. The van der Waals surface area contributed by atoms with Gasteiger partial charge in [-0.1, -0.05) is 25.4 Å². The van der Waals surface area contributed by atoms with Crippen molar-refractivity contribution < 1.29 is 18.8 Å². The van der Waals surface area contributed by atoms with E-state index in [1.165, 1.54) is 0 Å². The van der Waals surface area contributed by atoms with Crippen molar-refractivity contribution in [3.8, 4) is 0 Å². The summed E-state index contributed by atoms with van der Waals surface area (Å²) in [4.78, 5) is 16.6. The van der Waals surface area contributed by atoms with E-state index in [1.807, 2.05) is 20.8 Å². The SMILES string of the molecule is CCOC(=O)C1(c2nc(C(OCC)C(C)C)no2)CCC1. The standard InChI is InChI=1S/C15H24N2O4/c1-5-19-11(10(3)4)12-16-13(21-17-12)15(8-7-9-15)14(18)20-6-2/h10-11H,5-9H2,1-4H3. The summed E-state index contributed by atoms with van der Waals surface area (Å²) in [5.74, 6) is 0.851. The molecule has 118 valence electrons. The summed E-state index contributed by atoms with van der Waals surface area (Å²) in [6.07, 6.45) is 2.16. The largest absolute Gasteiger partial charge is 0.465 e. The van der Waals surface area contributed by atoms with Crippen molar-refractivity contribution in [1.82, 2.24) is 10.1 Å². The Kier molecular flexibility index (Phi) is 4.98. The van der Waals surface area contributed by atoms with Gasteiger partial charge in [0.1, 0.15) is 11.5 Å². The molecular formula is C15H24N2O4. The second kappa shape index (κ2) is 6.56. The monoisotopic (exact) mass is 296 g/mol. The Morgan fingerprint density at radius 3 is 2.52 bits per heavy atom.